The van der Waals surface area contributed by atoms with E-state index in [0.29, 0.717) is 0 Å². The van der Waals surface area contributed by atoms with Gasteiger partial charge in [-0.1, -0.05) is 0 Å². The molecule has 84 valence electrons. The number of aliphatic hydroxyl groups excluding tert-OH is 1. The van der Waals surface area contributed by atoms with Crippen LogP contribution in [0.5, 0.6) is 0 Å². The molecule has 1 unspecified atom stereocenters. The third-order valence-corrected chi connectivity index (χ3v) is 1.48. The van der Waals surface area contributed by atoms with Gasteiger partial charge in [0, 0.05) is 7.11 Å². The lowest BCUT2D eigenvalue weighted by atomic mass is 10.4. The van der Waals surface area contributed by atoms with Gasteiger partial charge in [0.2, 0.25) is 0 Å². The molecule has 8 heteroatoms. The van der Waals surface area contributed by atoms with Gasteiger partial charge < -0.3 is 14.6 Å². The van der Waals surface area contributed by atoms with Crippen LogP contribution in [0.4, 0.5) is 0 Å². The van der Waals surface area contributed by atoms with Crippen molar-refractivity contribution in [3.63, 3.8) is 0 Å². The number of carbonyl (C=O) groups is 1. The molecule has 0 fully saturated rings. The molecule has 1 aromatic heterocycles. The molecule has 0 aromatic carbocycles. The Labute approximate surface area is 85.8 Å². The Hall–Kier alpha value is -1.54. The van der Waals surface area contributed by atoms with E-state index in [2.05, 4.69) is 20.3 Å². The molecule has 0 bridgehead atoms. The van der Waals surface area contributed by atoms with Crippen molar-refractivity contribution < 1.29 is 19.4 Å². The van der Waals surface area contributed by atoms with Crippen LogP contribution in [0.3, 0.4) is 0 Å². The standard InChI is InChI=1S/C7H12N4O4/c1-14-3-6(12)4-15-7(13)2-11-5-8-9-10-11/h5-6,12H,2-4H2,1H3. The molecule has 1 rings (SSSR count). The van der Waals surface area contributed by atoms with Crippen LogP contribution >= 0.6 is 0 Å². The minimum Gasteiger partial charge on any atom is -0.461 e. The van der Waals surface area contributed by atoms with Gasteiger partial charge in [-0.2, -0.15) is 0 Å². The van der Waals surface area contributed by atoms with E-state index >= 15 is 0 Å². The monoisotopic (exact) mass is 216 g/mol. The number of rotatable bonds is 6. The summed E-state index contributed by atoms with van der Waals surface area (Å²) in [6, 6.07) is 0. The van der Waals surface area contributed by atoms with E-state index in [1.807, 2.05) is 0 Å². The number of esters is 1. The Bertz CT molecular complexity index is 289. The minimum atomic E-state index is -0.812. The van der Waals surface area contributed by atoms with Crippen LogP contribution in [0.15, 0.2) is 6.33 Å². The van der Waals surface area contributed by atoms with Crippen molar-refractivity contribution in [2.45, 2.75) is 12.6 Å². The van der Waals surface area contributed by atoms with Crippen LogP contribution in [0.1, 0.15) is 0 Å². The van der Waals surface area contributed by atoms with Gasteiger partial charge in [0.25, 0.3) is 0 Å². The summed E-state index contributed by atoms with van der Waals surface area (Å²) < 4.78 is 10.6. The number of ether oxygens (including phenoxy) is 2. The Morgan fingerprint density at radius 2 is 2.40 bits per heavy atom. The second-order valence-electron chi connectivity index (χ2n) is 2.80. The molecule has 0 spiro atoms. The highest BCUT2D eigenvalue weighted by Crippen LogP contribution is 1.89. The predicted octanol–water partition coefficient (Wildman–Crippen LogP) is -1.78. The van der Waals surface area contributed by atoms with Crippen molar-refractivity contribution in [2.75, 3.05) is 20.3 Å². The summed E-state index contributed by atoms with van der Waals surface area (Å²) in [4.78, 5) is 11.1. The van der Waals surface area contributed by atoms with E-state index in [1.165, 1.54) is 18.1 Å². The Morgan fingerprint density at radius 1 is 1.60 bits per heavy atom. The van der Waals surface area contributed by atoms with Gasteiger partial charge in [-0.15, -0.1) is 5.10 Å². The lowest BCUT2D eigenvalue weighted by molar-refractivity contribution is -0.148. The predicted molar refractivity (Wildman–Crippen MR) is 46.7 cm³/mol. The SMILES string of the molecule is COCC(O)COC(=O)Cn1cnnn1. The van der Waals surface area contributed by atoms with Crippen molar-refractivity contribution in [3.8, 4) is 0 Å². The molecule has 0 saturated carbocycles. The highest BCUT2D eigenvalue weighted by Gasteiger charge is 2.09. The fourth-order valence-corrected chi connectivity index (χ4v) is 0.860. The van der Waals surface area contributed by atoms with Gasteiger partial charge in [0.1, 0.15) is 25.6 Å². The van der Waals surface area contributed by atoms with Gasteiger partial charge >= 0.3 is 5.97 Å². The molecule has 1 atom stereocenters. The number of methoxy groups -OCH3 is 1. The maximum Gasteiger partial charge on any atom is 0.327 e. The Morgan fingerprint density at radius 3 is 3.00 bits per heavy atom. The number of hydrogen-bond donors (Lipinski definition) is 1. The smallest absolute Gasteiger partial charge is 0.327 e. The Kier molecular flexibility index (Phi) is 4.64. The van der Waals surface area contributed by atoms with E-state index in [4.69, 9.17) is 4.74 Å². The summed E-state index contributed by atoms with van der Waals surface area (Å²) in [6.07, 6.45) is 0.486. The lowest BCUT2D eigenvalue weighted by Crippen LogP contribution is -2.24. The molecule has 15 heavy (non-hydrogen) atoms. The van der Waals surface area contributed by atoms with Crippen LogP contribution < -0.4 is 0 Å². The van der Waals surface area contributed by atoms with Gasteiger partial charge in [-0.05, 0) is 10.4 Å². The Balaban J connectivity index is 2.19. The summed E-state index contributed by atoms with van der Waals surface area (Å²) in [5.41, 5.74) is 0. The van der Waals surface area contributed by atoms with Crippen molar-refractivity contribution in [3.05, 3.63) is 6.33 Å². The molecule has 0 saturated heterocycles. The lowest BCUT2D eigenvalue weighted by Gasteiger charge is -2.09. The third kappa shape index (κ3) is 4.47. The summed E-state index contributed by atoms with van der Waals surface area (Å²) in [6.45, 7) is -0.0559. The first-order chi connectivity index (χ1) is 7.22. The van der Waals surface area contributed by atoms with Gasteiger partial charge in [-0.3, -0.25) is 4.79 Å². The number of aliphatic hydroxyl groups is 1. The van der Waals surface area contributed by atoms with E-state index < -0.39 is 12.1 Å². The average Bonchev–Trinajstić information content (AvgIpc) is 2.68. The molecule has 0 amide bonds. The quantitative estimate of drug-likeness (QED) is 0.561. The molecule has 0 aliphatic carbocycles. The fourth-order valence-electron chi connectivity index (χ4n) is 0.860. The average molecular weight is 216 g/mol. The molecular formula is C7H12N4O4. The van der Waals surface area contributed by atoms with Crippen molar-refractivity contribution in [1.29, 1.82) is 0 Å². The molecule has 1 aromatic rings. The summed E-state index contributed by atoms with van der Waals surface area (Å²) in [5.74, 6) is -0.516. The van der Waals surface area contributed by atoms with Gasteiger partial charge in [-0.25, -0.2) is 4.68 Å². The second-order valence-corrected chi connectivity index (χ2v) is 2.80. The molecule has 1 N–H and O–H groups in total. The van der Waals surface area contributed by atoms with E-state index in [9.17, 15) is 9.90 Å². The molecule has 0 aliphatic rings. The van der Waals surface area contributed by atoms with Crippen molar-refractivity contribution >= 4 is 5.97 Å². The number of carbonyl (C=O) groups excluding carboxylic acids is 1. The topological polar surface area (TPSA) is 99.4 Å². The van der Waals surface area contributed by atoms with Crippen LogP contribution in [0.25, 0.3) is 0 Å². The first-order valence-corrected chi connectivity index (χ1v) is 4.25. The van der Waals surface area contributed by atoms with Crippen LogP contribution in [0, 0.1) is 0 Å². The number of hydrogen-bond acceptors (Lipinski definition) is 7. The van der Waals surface area contributed by atoms with E-state index in [0.717, 1.165) is 0 Å². The van der Waals surface area contributed by atoms with Crippen LogP contribution in [-0.4, -0.2) is 57.7 Å². The first-order valence-electron chi connectivity index (χ1n) is 4.25. The summed E-state index contributed by atoms with van der Waals surface area (Å²) >= 11 is 0. The summed E-state index contributed by atoms with van der Waals surface area (Å²) in [7, 11) is 1.45. The highest BCUT2D eigenvalue weighted by atomic mass is 16.5. The minimum absolute atomic E-state index is 0.0767. The van der Waals surface area contributed by atoms with E-state index in [-0.39, 0.29) is 19.8 Å². The highest BCUT2D eigenvalue weighted by molar-refractivity contribution is 5.68. The molecule has 0 aliphatic heterocycles. The normalized spacial score (nSPS) is 12.4. The number of tetrazole rings is 1. The first kappa shape index (κ1) is 11.5. The van der Waals surface area contributed by atoms with Crippen molar-refractivity contribution in [1.82, 2.24) is 20.2 Å². The summed E-state index contributed by atoms with van der Waals surface area (Å²) in [5, 5.41) is 19.4. The van der Waals surface area contributed by atoms with E-state index in [1.54, 1.807) is 0 Å². The molecule has 8 nitrogen and oxygen atoms in total. The molecular weight excluding hydrogens is 204 g/mol. The third-order valence-electron chi connectivity index (χ3n) is 1.48. The fraction of sp³-hybridized carbons (Fsp3) is 0.714. The number of nitrogens with zero attached hydrogens (tertiary/aromatic N) is 4. The maximum atomic E-state index is 11.1. The number of aromatic nitrogens is 4. The van der Waals surface area contributed by atoms with Gasteiger partial charge in [0.15, 0.2) is 0 Å². The maximum absolute atomic E-state index is 11.1. The largest absolute Gasteiger partial charge is 0.461 e. The van der Waals surface area contributed by atoms with Gasteiger partial charge in [0.05, 0.1) is 6.61 Å². The molecule has 0 radical (unpaired) electrons. The zero-order chi connectivity index (χ0) is 11.1. The zero-order valence-corrected chi connectivity index (χ0v) is 8.24. The second kappa shape index (κ2) is 6.04. The van der Waals surface area contributed by atoms with Crippen molar-refractivity contribution in [2.24, 2.45) is 0 Å². The van der Waals surface area contributed by atoms with Crippen LogP contribution in [-0.2, 0) is 20.8 Å². The zero-order valence-electron chi connectivity index (χ0n) is 8.24. The molecule has 1 heterocycles. The van der Waals surface area contributed by atoms with Crippen LogP contribution in [0.2, 0.25) is 0 Å².